The number of hydrogen-bond acceptors (Lipinski definition) is 4. The molecule has 1 aliphatic carbocycles. The summed E-state index contributed by atoms with van der Waals surface area (Å²) < 4.78 is 5.52. The lowest BCUT2D eigenvalue weighted by Gasteiger charge is -2.29. The minimum atomic E-state index is -0.446. The van der Waals surface area contributed by atoms with Crippen molar-refractivity contribution in [2.75, 3.05) is 33.3 Å². The highest BCUT2D eigenvalue weighted by atomic mass is 16.5. The Kier molecular flexibility index (Phi) is 6.41. The molecule has 0 spiro atoms. The average molecular weight is 244 g/mol. The van der Waals surface area contributed by atoms with Gasteiger partial charge in [0.15, 0.2) is 0 Å². The summed E-state index contributed by atoms with van der Waals surface area (Å²) in [5.74, 6) is 0. The summed E-state index contributed by atoms with van der Waals surface area (Å²) in [4.78, 5) is 2.20. The molecule has 1 aliphatic rings. The minimum absolute atomic E-state index is 0.153. The Bertz CT molecular complexity index is 206. The van der Waals surface area contributed by atoms with Gasteiger partial charge in [0, 0.05) is 26.2 Å². The zero-order chi connectivity index (χ0) is 12.7. The number of aliphatic hydroxyl groups is 1. The van der Waals surface area contributed by atoms with Crippen molar-refractivity contribution >= 4 is 0 Å². The van der Waals surface area contributed by atoms with Crippen LogP contribution in [0.25, 0.3) is 0 Å². The molecular weight excluding hydrogens is 216 g/mol. The van der Waals surface area contributed by atoms with E-state index < -0.39 is 5.60 Å². The highest BCUT2D eigenvalue weighted by Gasteiger charge is 2.32. The van der Waals surface area contributed by atoms with Crippen LogP contribution in [0.3, 0.4) is 0 Å². The number of hydrogen-bond donors (Lipinski definition) is 2. The van der Waals surface area contributed by atoms with Crippen LogP contribution in [0.15, 0.2) is 0 Å². The van der Waals surface area contributed by atoms with Gasteiger partial charge < -0.3 is 20.5 Å². The van der Waals surface area contributed by atoms with Gasteiger partial charge >= 0.3 is 0 Å². The van der Waals surface area contributed by atoms with E-state index in [1.54, 1.807) is 0 Å². The van der Waals surface area contributed by atoms with Crippen molar-refractivity contribution in [2.24, 2.45) is 5.73 Å². The molecule has 3 N–H and O–H groups in total. The summed E-state index contributed by atoms with van der Waals surface area (Å²) in [5.41, 5.74) is 5.20. The highest BCUT2D eigenvalue weighted by Crippen LogP contribution is 2.29. The molecule has 1 fully saturated rings. The number of nitrogens with zero attached hydrogens (tertiary/aromatic N) is 1. The Balaban J connectivity index is 2.21. The maximum Gasteiger partial charge on any atom is 0.0774 e. The van der Waals surface area contributed by atoms with E-state index in [-0.39, 0.29) is 6.10 Å². The molecule has 0 saturated heterocycles. The predicted octanol–water partition coefficient (Wildman–Crippen LogP) is 0.977. The van der Waals surface area contributed by atoms with Crippen molar-refractivity contribution in [3.05, 3.63) is 0 Å². The van der Waals surface area contributed by atoms with Gasteiger partial charge in [0.1, 0.15) is 0 Å². The van der Waals surface area contributed by atoms with Gasteiger partial charge in [-0.15, -0.1) is 0 Å². The molecule has 1 rings (SSSR count). The zero-order valence-electron chi connectivity index (χ0n) is 11.3. The number of rotatable bonds is 8. The summed E-state index contributed by atoms with van der Waals surface area (Å²) in [7, 11) is 2.07. The third-order valence-corrected chi connectivity index (χ3v) is 3.60. The van der Waals surface area contributed by atoms with Crippen LogP contribution in [0.2, 0.25) is 0 Å². The number of ether oxygens (including phenoxy) is 1. The molecule has 0 bridgehead atoms. The summed E-state index contributed by atoms with van der Waals surface area (Å²) in [6, 6.07) is 0. The van der Waals surface area contributed by atoms with Crippen LogP contribution >= 0.6 is 0 Å². The van der Waals surface area contributed by atoms with Crippen LogP contribution in [0.5, 0.6) is 0 Å². The molecule has 1 unspecified atom stereocenters. The molecule has 4 nitrogen and oxygen atoms in total. The quantitative estimate of drug-likeness (QED) is 0.668. The van der Waals surface area contributed by atoms with Crippen LogP contribution in [0.1, 0.15) is 39.0 Å². The molecule has 17 heavy (non-hydrogen) atoms. The van der Waals surface area contributed by atoms with Crippen LogP contribution in [0, 0.1) is 0 Å². The molecule has 0 aromatic heterocycles. The van der Waals surface area contributed by atoms with E-state index in [9.17, 15) is 5.11 Å². The van der Waals surface area contributed by atoms with E-state index in [0.29, 0.717) is 6.54 Å². The van der Waals surface area contributed by atoms with Gasteiger partial charge in [-0.05, 0) is 33.2 Å². The van der Waals surface area contributed by atoms with Crippen molar-refractivity contribution in [1.82, 2.24) is 4.90 Å². The molecular formula is C13H28N2O2. The predicted molar refractivity (Wildman–Crippen MR) is 70.0 cm³/mol. The molecule has 0 heterocycles. The van der Waals surface area contributed by atoms with Crippen LogP contribution in [0.4, 0.5) is 0 Å². The summed E-state index contributed by atoms with van der Waals surface area (Å²) in [5, 5.41) is 10.3. The van der Waals surface area contributed by atoms with Gasteiger partial charge in [-0.1, -0.05) is 12.8 Å². The topological polar surface area (TPSA) is 58.7 Å². The first-order chi connectivity index (χ1) is 8.09. The number of nitrogens with two attached hydrogens (primary N) is 1. The second kappa shape index (κ2) is 7.31. The Morgan fingerprint density at radius 2 is 2.06 bits per heavy atom. The number of likely N-dealkylation sites (N-methyl/N-ethyl adjacent to an activating group) is 1. The van der Waals surface area contributed by atoms with E-state index in [4.69, 9.17) is 10.5 Å². The molecule has 102 valence electrons. The molecule has 1 atom stereocenters. The smallest absolute Gasteiger partial charge is 0.0774 e. The third-order valence-electron chi connectivity index (χ3n) is 3.60. The monoisotopic (exact) mass is 244 g/mol. The summed E-state index contributed by atoms with van der Waals surface area (Å²) in [6.07, 6.45) is 5.31. The first kappa shape index (κ1) is 14.9. The Morgan fingerprint density at radius 1 is 1.41 bits per heavy atom. The van der Waals surface area contributed by atoms with E-state index in [1.807, 2.05) is 6.92 Å². The molecule has 0 aliphatic heterocycles. The molecule has 0 amide bonds. The summed E-state index contributed by atoms with van der Waals surface area (Å²) in [6.45, 7) is 5.00. The normalized spacial score (nSPS) is 21.0. The fourth-order valence-electron chi connectivity index (χ4n) is 2.64. The summed E-state index contributed by atoms with van der Waals surface area (Å²) >= 11 is 0. The van der Waals surface area contributed by atoms with Crippen molar-refractivity contribution in [3.63, 3.8) is 0 Å². The fraction of sp³-hybridized carbons (Fsp3) is 1.00. The largest absolute Gasteiger partial charge is 0.389 e. The standard InChI is InChI=1S/C13H28N2O2/c1-3-17-12(10-14)6-9-15(2)11-13(16)7-4-5-8-13/h12,16H,3-11,14H2,1-2H3. The van der Waals surface area contributed by atoms with Crippen molar-refractivity contribution in [1.29, 1.82) is 0 Å². The van der Waals surface area contributed by atoms with E-state index in [0.717, 1.165) is 51.8 Å². The molecule has 0 radical (unpaired) electrons. The van der Waals surface area contributed by atoms with Gasteiger partial charge in [0.05, 0.1) is 11.7 Å². The Morgan fingerprint density at radius 3 is 2.59 bits per heavy atom. The molecule has 4 heteroatoms. The minimum Gasteiger partial charge on any atom is -0.389 e. The maximum atomic E-state index is 10.3. The van der Waals surface area contributed by atoms with Gasteiger partial charge in [-0.2, -0.15) is 0 Å². The zero-order valence-corrected chi connectivity index (χ0v) is 11.3. The lowest BCUT2D eigenvalue weighted by molar-refractivity contribution is 0.00807. The van der Waals surface area contributed by atoms with E-state index in [2.05, 4.69) is 11.9 Å². The second-order valence-electron chi connectivity index (χ2n) is 5.27. The Labute approximate surface area is 105 Å². The van der Waals surface area contributed by atoms with Crippen LogP contribution in [-0.4, -0.2) is 55.0 Å². The molecule has 0 aromatic rings. The van der Waals surface area contributed by atoms with E-state index >= 15 is 0 Å². The lowest BCUT2D eigenvalue weighted by Crippen LogP contribution is -2.40. The first-order valence-electron chi connectivity index (χ1n) is 6.82. The van der Waals surface area contributed by atoms with Gasteiger partial charge in [-0.25, -0.2) is 0 Å². The SMILES string of the molecule is CCOC(CN)CCN(C)CC1(O)CCCC1. The van der Waals surface area contributed by atoms with Crippen molar-refractivity contribution < 1.29 is 9.84 Å². The maximum absolute atomic E-state index is 10.3. The van der Waals surface area contributed by atoms with Gasteiger partial charge in [0.25, 0.3) is 0 Å². The Hall–Kier alpha value is -0.160. The average Bonchev–Trinajstić information content (AvgIpc) is 2.70. The van der Waals surface area contributed by atoms with Crippen LogP contribution in [-0.2, 0) is 4.74 Å². The highest BCUT2D eigenvalue weighted by molar-refractivity contribution is 4.86. The van der Waals surface area contributed by atoms with E-state index in [1.165, 1.54) is 0 Å². The lowest BCUT2D eigenvalue weighted by atomic mass is 10.0. The van der Waals surface area contributed by atoms with Crippen molar-refractivity contribution in [2.45, 2.75) is 50.7 Å². The first-order valence-corrected chi connectivity index (χ1v) is 6.82. The van der Waals surface area contributed by atoms with Gasteiger partial charge in [0.2, 0.25) is 0 Å². The van der Waals surface area contributed by atoms with Crippen LogP contribution < -0.4 is 5.73 Å². The molecule has 0 aromatic carbocycles. The second-order valence-corrected chi connectivity index (χ2v) is 5.27. The fourth-order valence-corrected chi connectivity index (χ4v) is 2.64. The third kappa shape index (κ3) is 5.34. The molecule has 1 saturated carbocycles. The van der Waals surface area contributed by atoms with Gasteiger partial charge in [-0.3, -0.25) is 0 Å². The van der Waals surface area contributed by atoms with Crippen molar-refractivity contribution in [3.8, 4) is 0 Å².